The standard InChI is InChI=1S/C12H10F4N4O/c1-20-6-17-19-9(20)7-2-4-8(5-3-7)18-11(21)12(15,16)10(13)14/h2-6,10H,1H3,(H,18,21). The van der Waals surface area contributed by atoms with Crippen molar-refractivity contribution in [1.82, 2.24) is 14.8 Å². The van der Waals surface area contributed by atoms with Crippen LogP contribution in [0.3, 0.4) is 0 Å². The lowest BCUT2D eigenvalue weighted by Gasteiger charge is -2.14. The Labute approximate surface area is 116 Å². The van der Waals surface area contributed by atoms with Crippen molar-refractivity contribution in [2.24, 2.45) is 7.05 Å². The largest absolute Gasteiger partial charge is 0.383 e. The van der Waals surface area contributed by atoms with E-state index in [1.165, 1.54) is 30.6 Å². The Morgan fingerprint density at radius 2 is 1.90 bits per heavy atom. The molecular weight excluding hydrogens is 292 g/mol. The molecule has 0 radical (unpaired) electrons. The van der Waals surface area contributed by atoms with Gasteiger partial charge in [-0.05, 0) is 24.3 Å². The molecule has 2 rings (SSSR count). The van der Waals surface area contributed by atoms with E-state index in [0.29, 0.717) is 11.4 Å². The van der Waals surface area contributed by atoms with E-state index in [-0.39, 0.29) is 5.69 Å². The second-order valence-corrected chi connectivity index (χ2v) is 4.22. The van der Waals surface area contributed by atoms with Gasteiger partial charge in [-0.15, -0.1) is 10.2 Å². The molecule has 0 atom stereocenters. The number of alkyl halides is 4. The molecule has 1 aromatic heterocycles. The van der Waals surface area contributed by atoms with Gasteiger partial charge in [-0.3, -0.25) is 4.79 Å². The normalized spacial score (nSPS) is 11.7. The molecule has 0 unspecified atom stereocenters. The fourth-order valence-electron chi connectivity index (χ4n) is 1.56. The van der Waals surface area contributed by atoms with E-state index in [0.717, 1.165) is 0 Å². The number of benzene rings is 1. The molecule has 1 amide bonds. The maximum absolute atomic E-state index is 12.8. The van der Waals surface area contributed by atoms with Crippen molar-refractivity contribution < 1.29 is 22.4 Å². The number of hydrogen-bond acceptors (Lipinski definition) is 3. The highest BCUT2D eigenvalue weighted by Gasteiger charge is 2.48. The number of nitrogens with zero attached hydrogens (tertiary/aromatic N) is 3. The average Bonchev–Trinajstić information content (AvgIpc) is 2.85. The number of aromatic nitrogens is 3. The summed E-state index contributed by atoms with van der Waals surface area (Å²) >= 11 is 0. The van der Waals surface area contributed by atoms with Crippen LogP contribution in [0.25, 0.3) is 11.4 Å². The number of anilines is 1. The SMILES string of the molecule is Cn1cnnc1-c1ccc(NC(=O)C(F)(F)C(F)F)cc1. The minimum absolute atomic E-state index is 0.0220. The molecule has 0 aliphatic rings. The zero-order chi connectivity index (χ0) is 15.6. The van der Waals surface area contributed by atoms with Crippen LogP contribution in [0.4, 0.5) is 23.2 Å². The van der Waals surface area contributed by atoms with Crippen LogP contribution in [-0.4, -0.2) is 33.0 Å². The smallest absolute Gasteiger partial charge is 0.321 e. The lowest BCUT2D eigenvalue weighted by molar-refractivity contribution is -0.163. The topological polar surface area (TPSA) is 59.8 Å². The Balaban J connectivity index is 2.14. The van der Waals surface area contributed by atoms with E-state index in [1.54, 1.807) is 16.9 Å². The molecule has 0 saturated heterocycles. The van der Waals surface area contributed by atoms with E-state index < -0.39 is 18.3 Å². The molecular formula is C12H10F4N4O. The summed E-state index contributed by atoms with van der Waals surface area (Å²) in [5, 5.41) is 9.27. The monoisotopic (exact) mass is 302 g/mol. The molecule has 0 saturated carbocycles. The molecule has 9 heteroatoms. The van der Waals surface area contributed by atoms with Gasteiger partial charge in [-0.25, -0.2) is 8.78 Å². The van der Waals surface area contributed by atoms with Gasteiger partial charge in [0.1, 0.15) is 6.33 Å². The Kier molecular flexibility index (Phi) is 3.92. The first-order valence-electron chi connectivity index (χ1n) is 5.74. The van der Waals surface area contributed by atoms with Crippen LogP contribution >= 0.6 is 0 Å². The molecule has 0 bridgehead atoms. The third-order valence-corrected chi connectivity index (χ3v) is 2.69. The van der Waals surface area contributed by atoms with Crippen LogP contribution in [-0.2, 0) is 11.8 Å². The molecule has 1 aromatic carbocycles. The highest BCUT2D eigenvalue weighted by molar-refractivity contribution is 5.96. The van der Waals surface area contributed by atoms with Gasteiger partial charge in [0.05, 0.1) is 0 Å². The van der Waals surface area contributed by atoms with Gasteiger partial charge in [0.2, 0.25) is 0 Å². The number of hydrogen-bond donors (Lipinski definition) is 1. The van der Waals surface area contributed by atoms with Crippen LogP contribution in [0.15, 0.2) is 30.6 Å². The molecule has 0 spiro atoms. The minimum atomic E-state index is -4.73. The van der Waals surface area contributed by atoms with Gasteiger partial charge in [-0.1, -0.05) is 0 Å². The highest BCUT2D eigenvalue weighted by atomic mass is 19.3. The number of carbonyl (C=O) groups excluding carboxylic acids is 1. The molecule has 0 aliphatic carbocycles. The summed E-state index contributed by atoms with van der Waals surface area (Å²) in [6, 6.07) is 5.62. The van der Waals surface area contributed by atoms with Crippen LogP contribution in [0.2, 0.25) is 0 Å². The second kappa shape index (κ2) is 5.51. The molecule has 1 heterocycles. The van der Waals surface area contributed by atoms with Crippen LogP contribution < -0.4 is 5.32 Å². The number of nitrogens with one attached hydrogen (secondary N) is 1. The van der Waals surface area contributed by atoms with E-state index in [2.05, 4.69) is 10.2 Å². The van der Waals surface area contributed by atoms with Crippen molar-refractivity contribution in [3.63, 3.8) is 0 Å². The summed E-state index contributed by atoms with van der Waals surface area (Å²) in [5.41, 5.74) is 0.611. The maximum Gasteiger partial charge on any atom is 0.383 e. The first-order valence-corrected chi connectivity index (χ1v) is 5.74. The summed E-state index contributed by atoms with van der Waals surface area (Å²) in [6.07, 6.45) is -2.58. The van der Waals surface area contributed by atoms with Crippen molar-refractivity contribution in [2.45, 2.75) is 12.3 Å². The van der Waals surface area contributed by atoms with E-state index in [9.17, 15) is 22.4 Å². The Morgan fingerprint density at radius 1 is 1.29 bits per heavy atom. The van der Waals surface area contributed by atoms with Crippen LogP contribution in [0.1, 0.15) is 0 Å². The third kappa shape index (κ3) is 3.01. The number of aryl methyl sites for hydroxylation is 1. The quantitative estimate of drug-likeness (QED) is 0.882. The zero-order valence-corrected chi connectivity index (χ0v) is 10.7. The molecule has 21 heavy (non-hydrogen) atoms. The average molecular weight is 302 g/mol. The molecule has 1 N–H and O–H groups in total. The lowest BCUT2D eigenvalue weighted by atomic mass is 10.2. The van der Waals surface area contributed by atoms with Crippen molar-refractivity contribution in [2.75, 3.05) is 5.32 Å². The Hall–Kier alpha value is -2.45. The van der Waals surface area contributed by atoms with Gasteiger partial charge in [0, 0.05) is 18.3 Å². The molecule has 2 aromatic rings. The first kappa shape index (κ1) is 14.9. The van der Waals surface area contributed by atoms with Gasteiger partial charge in [0.15, 0.2) is 5.82 Å². The van der Waals surface area contributed by atoms with Crippen molar-refractivity contribution in [3.8, 4) is 11.4 Å². The van der Waals surface area contributed by atoms with Gasteiger partial charge < -0.3 is 9.88 Å². The first-order chi connectivity index (χ1) is 9.82. The molecule has 0 aliphatic heterocycles. The summed E-state index contributed by atoms with van der Waals surface area (Å²) in [5.74, 6) is -6.25. The number of carbonyl (C=O) groups is 1. The lowest BCUT2D eigenvalue weighted by Crippen LogP contribution is -2.40. The Morgan fingerprint density at radius 3 is 2.38 bits per heavy atom. The van der Waals surface area contributed by atoms with Crippen molar-refractivity contribution >= 4 is 11.6 Å². The highest BCUT2D eigenvalue weighted by Crippen LogP contribution is 2.25. The van der Waals surface area contributed by atoms with Gasteiger partial charge >= 0.3 is 18.3 Å². The fourth-order valence-corrected chi connectivity index (χ4v) is 1.56. The summed E-state index contributed by atoms with van der Waals surface area (Å²) in [6.45, 7) is 0. The van der Waals surface area contributed by atoms with Crippen LogP contribution in [0, 0.1) is 0 Å². The number of amides is 1. The van der Waals surface area contributed by atoms with E-state index >= 15 is 0 Å². The zero-order valence-electron chi connectivity index (χ0n) is 10.7. The summed E-state index contributed by atoms with van der Waals surface area (Å²) in [4.78, 5) is 11.1. The molecule has 112 valence electrons. The maximum atomic E-state index is 12.8. The third-order valence-electron chi connectivity index (χ3n) is 2.69. The fraction of sp³-hybridized carbons (Fsp3) is 0.250. The van der Waals surface area contributed by atoms with E-state index in [4.69, 9.17) is 0 Å². The second-order valence-electron chi connectivity index (χ2n) is 4.22. The van der Waals surface area contributed by atoms with Crippen molar-refractivity contribution in [1.29, 1.82) is 0 Å². The van der Waals surface area contributed by atoms with Crippen LogP contribution in [0.5, 0.6) is 0 Å². The van der Waals surface area contributed by atoms with E-state index in [1.807, 2.05) is 0 Å². The predicted molar refractivity (Wildman–Crippen MR) is 66.0 cm³/mol. The number of rotatable bonds is 4. The summed E-state index contributed by atoms with van der Waals surface area (Å²) < 4.78 is 51.3. The predicted octanol–water partition coefficient (Wildman–Crippen LogP) is 2.32. The number of halogens is 4. The van der Waals surface area contributed by atoms with Gasteiger partial charge in [0.25, 0.3) is 0 Å². The van der Waals surface area contributed by atoms with Gasteiger partial charge in [-0.2, -0.15) is 8.78 Å². The Bertz CT molecular complexity index is 639. The molecule has 0 fully saturated rings. The molecule has 5 nitrogen and oxygen atoms in total. The summed E-state index contributed by atoms with van der Waals surface area (Å²) in [7, 11) is 1.72. The van der Waals surface area contributed by atoms with Crippen molar-refractivity contribution in [3.05, 3.63) is 30.6 Å². The minimum Gasteiger partial charge on any atom is -0.321 e.